The minimum Gasteiger partial charge on any atom is -0.486 e. The summed E-state index contributed by atoms with van der Waals surface area (Å²) in [5, 5.41) is 8.38. The zero-order valence-electron chi connectivity index (χ0n) is 11.6. The fourth-order valence-electron chi connectivity index (χ4n) is 2.32. The maximum atomic E-state index is 11.4. The van der Waals surface area contributed by atoms with Crippen molar-refractivity contribution in [3.05, 3.63) is 52.6 Å². The van der Waals surface area contributed by atoms with Crippen LogP contribution in [-0.4, -0.2) is 23.2 Å². The molecule has 6 nitrogen and oxygen atoms in total. The van der Waals surface area contributed by atoms with Crippen molar-refractivity contribution in [1.82, 2.24) is 4.57 Å². The largest absolute Gasteiger partial charge is 0.486 e. The Balaban J connectivity index is 1.86. The molecule has 7 heteroatoms. The van der Waals surface area contributed by atoms with Crippen molar-refractivity contribution in [1.29, 1.82) is 5.41 Å². The van der Waals surface area contributed by atoms with Crippen LogP contribution in [-0.2, 0) is 6.54 Å². The number of aromatic nitrogens is 1. The quantitative estimate of drug-likeness (QED) is 0.899. The zero-order chi connectivity index (χ0) is 15.7. The standard InChI is InChI=1S/C15H14ClN3O3/c16-9-5-11(15(18)20)14(17)19(6-9)7-10-8-21-12-3-1-2-4-13(12)22-10/h1-6,10,17H,7-8H2,(H2,18,20). The van der Waals surface area contributed by atoms with Gasteiger partial charge in [0.2, 0.25) is 0 Å². The van der Waals surface area contributed by atoms with E-state index in [1.807, 2.05) is 24.3 Å². The second-order valence-electron chi connectivity index (χ2n) is 4.93. The number of halogens is 1. The summed E-state index contributed by atoms with van der Waals surface area (Å²) in [6.07, 6.45) is 1.28. The molecule has 0 saturated heterocycles. The molecule has 1 atom stereocenters. The normalized spacial score (nSPS) is 16.3. The first-order chi connectivity index (χ1) is 10.5. The molecule has 0 bridgehead atoms. The van der Waals surface area contributed by atoms with Crippen molar-refractivity contribution >= 4 is 17.5 Å². The molecule has 0 spiro atoms. The molecule has 1 amide bonds. The Morgan fingerprint density at radius 2 is 2.14 bits per heavy atom. The highest BCUT2D eigenvalue weighted by Gasteiger charge is 2.21. The third-order valence-corrected chi connectivity index (χ3v) is 3.54. The minimum absolute atomic E-state index is 0.000594. The lowest BCUT2D eigenvalue weighted by molar-refractivity contribution is 0.0773. The first-order valence-corrected chi connectivity index (χ1v) is 7.05. The monoisotopic (exact) mass is 319 g/mol. The van der Waals surface area contributed by atoms with Crippen LogP contribution < -0.4 is 20.7 Å². The van der Waals surface area contributed by atoms with Gasteiger partial charge < -0.3 is 19.8 Å². The van der Waals surface area contributed by atoms with E-state index in [1.165, 1.54) is 10.6 Å². The molecule has 0 fully saturated rings. The number of amides is 1. The summed E-state index contributed by atoms with van der Waals surface area (Å²) < 4.78 is 13.0. The third kappa shape index (κ3) is 2.78. The SMILES string of the molecule is N=c1c(C(N)=O)cc(Cl)cn1CC1COc2ccccc2O1. The molecule has 2 aromatic rings. The molecule has 3 N–H and O–H groups in total. The predicted octanol–water partition coefficient (Wildman–Crippen LogP) is 1.56. The maximum absolute atomic E-state index is 11.4. The molecule has 0 radical (unpaired) electrons. The Labute approximate surface area is 131 Å². The Morgan fingerprint density at radius 3 is 2.86 bits per heavy atom. The number of nitrogens with one attached hydrogen (secondary N) is 1. The van der Waals surface area contributed by atoms with Crippen molar-refractivity contribution < 1.29 is 14.3 Å². The number of hydrogen-bond donors (Lipinski definition) is 2. The fraction of sp³-hybridized carbons (Fsp3) is 0.200. The number of hydrogen-bond acceptors (Lipinski definition) is 4. The van der Waals surface area contributed by atoms with Gasteiger partial charge in [-0.2, -0.15) is 0 Å². The Hall–Kier alpha value is -2.47. The van der Waals surface area contributed by atoms with Gasteiger partial charge in [-0.25, -0.2) is 0 Å². The highest BCUT2D eigenvalue weighted by atomic mass is 35.5. The molecule has 114 valence electrons. The van der Waals surface area contributed by atoms with Gasteiger partial charge in [0.05, 0.1) is 17.1 Å². The molecule has 1 unspecified atom stereocenters. The summed E-state index contributed by atoms with van der Waals surface area (Å²) in [5.74, 6) is 0.661. The number of para-hydroxylation sites is 2. The molecule has 3 rings (SSSR count). The van der Waals surface area contributed by atoms with Crippen LogP contribution in [0.5, 0.6) is 11.5 Å². The molecule has 2 heterocycles. The van der Waals surface area contributed by atoms with E-state index < -0.39 is 5.91 Å². The van der Waals surface area contributed by atoms with Crippen LogP contribution in [0.1, 0.15) is 10.4 Å². The van der Waals surface area contributed by atoms with E-state index in [4.69, 9.17) is 32.2 Å². The van der Waals surface area contributed by atoms with Crippen molar-refractivity contribution in [3.8, 4) is 11.5 Å². The summed E-state index contributed by atoms with van der Waals surface area (Å²) in [6.45, 7) is 0.676. The summed E-state index contributed by atoms with van der Waals surface area (Å²) in [4.78, 5) is 11.4. The van der Waals surface area contributed by atoms with Crippen LogP contribution >= 0.6 is 11.6 Å². The van der Waals surface area contributed by atoms with Gasteiger partial charge in [0.1, 0.15) is 12.1 Å². The smallest absolute Gasteiger partial charge is 0.252 e. The van der Waals surface area contributed by atoms with E-state index in [-0.39, 0.29) is 17.2 Å². The number of primary amides is 1. The lowest BCUT2D eigenvalue weighted by Crippen LogP contribution is -2.38. The van der Waals surface area contributed by atoms with Crippen LogP contribution in [0.3, 0.4) is 0 Å². The van der Waals surface area contributed by atoms with E-state index in [0.717, 1.165) is 0 Å². The van der Waals surface area contributed by atoms with Gasteiger partial charge in [-0.15, -0.1) is 0 Å². The van der Waals surface area contributed by atoms with Gasteiger partial charge in [-0.1, -0.05) is 23.7 Å². The topological polar surface area (TPSA) is 90.3 Å². The molecule has 1 aliphatic heterocycles. The molecular formula is C15H14ClN3O3. The Bertz CT molecular complexity index is 788. The van der Waals surface area contributed by atoms with Gasteiger partial charge >= 0.3 is 0 Å². The van der Waals surface area contributed by atoms with Crippen LogP contribution in [0.15, 0.2) is 36.5 Å². The highest BCUT2D eigenvalue weighted by Crippen LogP contribution is 2.31. The van der Waals surface area contributed by atoms with E-state index in [2.05, 4.69) is 0 Å². The van der Waals surface area contributed by atoms with E-state index in [1.54, 1.807) is 6.20 Å². The van der Waals surface area contributed by atoms with Crippen molar-refractivity contribution in [2.24, 2.45) is 5.73 Å². The van der Waals surface area contributed by atoms with E-state index in [0.29, 0.717) is 29.7 Å². The van der Waals surface area contributed by atoms with Gasteiger partial charge in [-0.05, 0) is 18.2 Å². The number of ether oxygens (including phenoxy) is 2. The highest BCUT2D eigenvalue weighted by molar-refractivity contribution is 6.30. The lowest BCUT2D eigenvalue weighted by Gasteiger charge is -2.27. The van der Waals surface area contributed by atoms with Gasteiger partial charge in [0.25, 0.3) is 5.91 Å². The summed E-state index contributed by atoms with van der Waals surface area (Å²) >= 11 is 5.98. The molecular weight excluding hydrogens is 306 g/mol. The van der Waals surface area contributed by atoms with Crippen LogP contribution in [0.2, 0.25) is 5.02 Å². The Morgan fingerprint density at radius 1 is 1.41 bits per heavy atom. The summed E-state index contributed by atoms with van der Waals surface area (Å²) in [5.41, 5.74) is 5.34. The average molecular weight is 320 g/mol. The molecule has 0 aliphatic carbocycles. The van der Waals surface area contributed by atoms with Crippen LogP contribution in [0, 0.1) is 5.41 Å². The van der Waals surface area contributed by atoms with Crippen LogP contribution in [0.4, 0.5) is 0 Å². The van der Waals surface area contributed by atoms with Gasteiger partial charge in [0, 0.05) is 6.20 Å². The minimum atomic E-state index is -0.688. The second-order valence-corrected chi connectivity index (χ2v) is 5.37. The predicted molar refractivity (Wildman–Crippen MR) is 80.2 cm³/mol. The molecule has 1 aromatic carbocycles. The number of nitrogens with two attached hydrogens (primary N) is 1. The number of carbonyl (C=O) groups is 1. The Kier molecular flexibility index (Phi) is 3.77. The molecule has 1 aromatic heterocycles. The average Bonchev–Trinajstić information content (AvgIpc) is 2.50. The van der Waals surface area contributed by atoms with Gasteiger partial charge in [-0.3, -0.25) is 10.2 Å². The van der Waals surface area contributed by atoms with Gasteiger partial charge in [0.15, 0.2) is 17.6 Å². The van der Waals surface area contributed by atoms with E-state index >= 15 is 0 Å². The summed E-state index contributed by atoms with van der Waals surface area (Å²) in [7, 11) is 0. The zero-order valence-corrected chi connectivity index (χ0v) is 12.3. The third-order valence-electron chi connectivity index (χ3n) is 3.34. The summed E-state index contributed by atoms with van der Waals surface area (Å²) in [6, 6.07) is 8.77. The molecule has 0 saturated carbocycles. The lowest BCUT2D eigenvalue weighted by atomic mass is 10.2. The number of fused-ring (bicyclic) bond motifs is 1. The maximum Gasteiger partial charge on any atom is 0.252 e. The van der Waals surface area contributed by atoms with Crippen molar-refractivity contribution in [2.45, 2.75) is 12.6 Å². The number of nitrogens with zero attached hydrogens (tertiary/aromatic N) is 1. The number of carbonyl (C=O) groups excluding carboxylic acids is 1. The first kappa shape index (κ1) is 14.5. The molecule has 22 heavy (non-hydrogen) atoms. The number of benzene rings is 1. The fourth-order valence-corrected chi connectivity index (χ4v) is 2.54. The first-order valence-electron chi connectivity index (χ1n) is 6.67. The van der Waals surface area contributed by atoms with Crippen LogP contribution in [0.25, 0.3) is 0 Å². The number of rotatable bonds is 3. The molecule has 1 aliphatic rings. The van der Waals surface area contributed by atoms with Crippen molar-refractivity contribution in [3.63, 3.8) is 0 Å². The van der Waals surface area contributed by atoms with Crippen molar-refractivity contribution in [2.75, 3.05) is 6.61 Å². The number of pyridine rings is 1. The second kappa shape index (κ2) is 5.73. The van der Waals surface area contributed by atoms with E-state index in [9.17, 15) is 4.79 Å².